The number of fused-ring (bicyclic) bond motifs is 1. The van der Waals surface area contributed by atoms with E-state index in [1.165, 1.54) is 24.5 Å². The van der Waals surface area contributed by atoms with Gasteiger partial charge in [0.05, 0.1) is 7.11 Å². The fraction of sp³-hybridized carbons (Fsp3) is 0.174. The van der Waals surface area contributed by atoms with Crippen molar-refractivity contribution in [1.29, 1.82) is 0 Å². The summed E-state index contributed by atoms with van der Waals surface area (Å²) < 4.78 is 21.4. The molecule has 2 aromatic carbocycles. The second kappa shape index (κ2) is 9.01. The van der Waals surface area contributed by atoms with Crippen molar-refractivity contribution in [2.45, 2.75) is 20.1 Å². The Kier molecular flexibility index (Phi) is 5.99. The highest BCUT2D eigenvalue weighted by atomic mass is 32.1. The summed E-state index contributed by atoms with van der Waals surface area (Å²) in [4.78, 5) is 28.6. The zero-order valence-corrected chi connectivity index (χ0v) is 17.7. The van der Waals surface area contributed by atoms with Gasteiger partial charge in [0.25, 0.3) is 0 Å². The summed E-state index contributed by atoms with van der Waals surface area (Å²) in [6.07, 6.45) is 0. The number of nitrogens with zero attached hydrogens (tertiary/aromatic N) is 1. The number of methoxy groups -OCH3 is 1. The highest BCUT2D eigenvalue weighted by Crippen LogP contribution is 2.23. The van der Waals surface area contributed by atoms with Gasteiger partial charge in [-0.25, -0.2) is 14.6 Å². The minimum Gasteiger partial charge on any atom is -0.497 e. The van der Waals surface area contributed by atoms with Crippen molar-refractivity contribution >= 4 is 28.3 Å². The summed E-state index contributed by atoms with van der Waals surface area (Å²) in [5.74, 6) is 0.719. The van der Waals surface area contributed by atoms with Gasteiger partial charge >= 0.3 is 11.6 Å². The molecule has 0 aliphatic carbocycles. The summed E-state index contributed by atoms with van der Waals surface area (Å²) in [6, 6.07) is 14.1. The first-order chi connectivity index (χ1) is 15.0. The average molecular weight is 437 g/mol. The van der Waals surface area contributed by atoms with Crippen LogP contribution in [0.4, 0.5) is 0 Å². The van der Waals surface area contributed by atoms with E-state index in [9.17, 15) is 9.59 Å². The van der Waals surface area contributed by atoms with Crippen LogP contribution in [0.3, 0.4) is 0 Å². The third-order valence-corrected chi connectivity index (χ3v) is 5.36. The molecule has 0 N–H and O–H groups in total. The number of rotatable bonds is 7. The molecule has 0 bridgehead atoms. The van der Waals surface area contributed by atoms with Crippen molar-refractivity contribution in [3.05, 3.63) is 86.2 Å². The van der Waals surface area contributed by atoms with Crippen LogP contribution in [0, 0.1) is 6.92 Å². The predicted octanol–water partition coefficient (Wildman–Crippen LogP) is 4.50. The maximum atomic E-state index is 12.4. The highest BCUT2D eigenvalue weighted by Gasteiger charge is 2.15. The number of aromatic nitrogens is 1. The number of thiazole rings is 1. The van der Waals surface area contributed by atoms with Crippen LogP contribution in [-0.2, 0) is 18.0 Å². The molecule has 0 spiro atoms. The molecule has 8 heteroatoms. The van der Waals surface area contributed by atoms with Crippen molar-refractivity contribution in [2.75, 3.05) is 7.11 Å². The Balaban J connectivity index is 1.41. The molecule has 31 heavy (non-hydrogen) atoms. The first kappa shape index (κ1) is 20.6. The van der Waals surface area contributed by atoms with Crippen LogP contribution < -0.4 is 15.1 Å². The van der Waals surface area contributed by atoms with Crippen LogP contribution in [-0.4, -0.2) is 18.1 Å². The van der Waals surface area contributed by atoms with Gasteiger partial charge in [0.2, 0.25) is 0 Å². The first-order valence-electron chi connectivity index (χ1n) is 9.43. The number of carbonyl (C=O) groups excluding carboxylic acids is 1. The molecule has 0 atom stereocenters. The molecule has 2 heterocycles. The van der Waals surface area contributed by atoms with Gasteiger partial charge in [-0.2, -0.15) is 0 Å². The Labute approximate surface area is 181 Å². The Morgan fingerprint density at radius 2 is 1.84 bits per heavy atom. The van der Waals surface area contributed by atoms with Gasteiger partial charge in [-0.1, -0.05) is 17.7 Å². The SMILES string of the molecule is COc1ccc2c(COC(=O)c3csc(COc4ccc(C)cc4)n3)cc(=O)oc2c1. The smallest absolute Gasteiger partial charge is 0.358 e. The quantitative estimate of drug-likeness (QED) is 0.311. The summed E-state index contributed by atoms with van der Waals surface area (Å²) in [5, 5.41) is 2.95. The number of hydrogen-bond acceptors (Lipinski definition) is 8. The Morgan fingerprint density at radius 1 is 1.06 bits per heavy atom. The number of benzene rings is 2. The van der Waals surface area contributed by atoms with Crippen molar-refractivity contribution in [3.8, 4) is 11.5 Å². The fourth-order valence-corrected chi connectivity index (χ4v) is 3.60. The molecule has 0 saturated heterocycles. The molecule has 158 valence electrons. The topological polar surface area (TPSA) is 87.9 Å². The van der Waals surface area contributed by atoms with Gasteiger partial charge in [-0.05, 0) is 31.2 Å². The molecule has 0 amide bonds. The molecule has 4 rings (SSSR count). The van der Waals surface area contributed by atoms with E-state index in [1.54, 1.807) is 23.6 Å². The maximum Gasteiger partial charge on any atom is 0.358 e. The highest BCUT2D eigenvalue weighted by molar-refractivity contribution is 7.09. The van der Waals surface area contributed by atoms with Gasteiger partial charge < -0.3 is 18.6 Å². The molecule has 4 aromatic rings. The lowest BCUT2D eigenvalue weighted by molar-refractivity contribution is 0.0467. The van der Waals surface area contributed by atoms with E-state index in [-0.39, 0.29) is 18.9 Å². The van der Waals surface area contributed by atoms with E-state index in [2.05, 4.69) is 4.98 Å². The maximum absolute atomic E-state index is 12.4. The van der Waals surface area contributed by atoms with Crippen molar-refractivity contribution in [3.63, 3.8) is 0 Å². The normalized spacial score (nSPS) is 10.8. The van der Waals surface area contributed by atoms with Gasteiger partial charge in [0, 0.05) is 28.5 Å². The molecule has 0 unspecified atom stereocenters. The zero-order chi connectivity index (χ0) is 21.8. The second-order valence-electron chi connectivity index (χ2n) is 6.76. The lowest BCUT2D eigenvalue weighted by Gasteiger charge is -2.07. The van der Waals surface area contributed by atoms with E-state index in [4.69, 9.17) is 18.6 Å². The monoisotopic (exact) mass is 437 g/mol. The number of carbonyl (C=O) groups is 1. The van der Waals surface area contributed by atoms with E-state index >= 15 is 0 Å². The standard InChI is InChI=1S/C23H19NO6S/c1-14-3-5-16(6-4-14)28-12-21-24-19(13-31-21)23(26)29-11-15-9-22(25)30-20-10-17(27-2)7-8-18(15)20/h3-10,13H,11-12H2,1-2H3. The third kappa shape index (κ3) is 4.92. The van der Waals surface area contributed by atoms with Crippen LogP contribution in [0.2, 0.25) is 0 Å². The van der Waals surface area contributed by atoms with Crippen LogP contribution >= 0.6 is 11.3 Å². The van der Waals surface area contributed by atoms with Gasteiger partial charge in [0.15, 0.2) is 5.69 Å². The lowest BCUT2D eigenvalue weighted by Crippen LogP contribution is -2.08. The number of hydrogen-bond donors (Lipinski definition) is 0. The van der Waals surface area contributed by atoms with Crippen LogP contribution in [0.1, 0.15) is 26.6 Å². The molecule has 0 fully saturated rings. The fourth-order valence-electron chi connectivity index (χ4n) is 2.92. The first-order valence-corrected chi connectivity index (χ1v) is 10.3. The summed E-state index contributed by atoms with van der Waals surface area (Å²) in [6.45, 7) is 2.18. The average Bonchev–Trinajstić information content (AvgIpc) is 3.25. The molecule has 0 radical (unpaired) electrons. The van der Waals surface area contributed by atoms with E-state index in [0.29, 0.717) is 27.3 Å². The van der Waals surface area contributed by atoms with Gasteiger partial charge in [-0.3, -0.25) is 0 Å². The number of aryl methyl sites for hydroxylation is 1. The van der Waals surface area contributed by atoms with E-state index < -0.39 is 11.6 Å². The largest absolute Gasteiger partial charge is 0.497 e. The molecule has 0 aliphatic heterocycles. The van der Waals surface area contributed by atoms with E-state index in [0.717, 1.165) is 11.3 Å². The number of ether oxygens (including phenoxy) is 3. The third-order valence-electron chi connectivity index (χ3n) is 4.54. The van der Waals surface area contributed by atoms with Crippen molar-refractivity contribution in [1.82, 2.24) is 4.98 Å². The summed E-state index contributed by atoms with van der Waals surface area (Å²) in [5.41, 5.74) is 1.72. The zero-order valence-electron chi connectivity index (χ0n) is 16.9. The Morgan fingerprint density at radius 3 is 2.61 bits per heavy atom. The number of esters is 1. The predicted molar refractivity (Wildman–Crippen MR) is 116 cm³/mol. The molecule has 0 aliphatic rings. The van der Waals surface area contributed by atoms with Crippen LogP contribution in [0.5, 0.6) is 11.5 Å². The van der Waals surface area contributed by atoms with Crippen LogP contribution in [0.25, 0.3) is 11.0 Å². The van der Waals surface area contributed by atoms with Crippen molar-refractivity contribution in [2.24, 2.45) is 0 Å². The van der Waals surface area contributed by atoms with Crippen molar-refractivity contribution < 1.29 is 23.4 Å². The minimum absolute atomic E-state index is 0.0833. The van der Waals surface area contributed by atoms with Crippen LogP contribution in [0.15, 0.2) is 63.1 Å². The van der Waals surface area contributed by atoms with E-state index in [1.807, 2.05) is 31.2 Å². The molecule has 2 aromatic heterocycles. The second-order valence-corrected chi connectivity index (χ2v) is 7.70. The minimum atomic E-state index is -0.576. The molecule has 0 saturated carbocycles. The van der Waals surface area contributed by atoms with Gasteiger partial charge in [-0.15, -0.1) is 11.3 Å². The lowest BCUT2D eigenvalue weighted by atomic mass is 10.1. The summed E-state index contributed by atoms with van der Waals surface area (Å²) >= 11 is 1.32. The molecular weight excluding hydrogens is 418 g/mol. The molecular formula is C23H19NO6S. The summed E-state index contributed by atoms with van der Waals surface area (Å²) in [7, 11) is 1.53. The van der Waals surface area contributed by atoms with Gasteiger partial charge in [0.1, 0.15) is 35.3 Å². The Hall–Kier alpha value is -3.65. The molecule has 7 nitrogen and oxygen atoms in total. The Bertz CT molecular complexity index is 1280.